The van der Waals surface area contributed by atoms with Crippen molar-refractivity contribution in [3.05, 3.63) is 52.0 Å². The van der Waals surface area contributed by atoms with Crippen LogP contribution in [0.2, 0.25) is 0 Å². The molecule has 2 aromatic carbocycles. The predicted molar refractivity (Wildman–Crippen MR) is 120 cm³/mol. The normalized spacial score (nSPS) is 15.3. The first-order chi connectivity index (χ1) is 14.2. The first-order valence-corrected chi connectivity index (χ1v) is 11.0. The highest BCUT2D eigenvalue weighted by Crippen LogP contribution is 2.36. The minimum absolute atomic E-state index is 0.358. The van der Waals surface area contributed by atoms with Crippen molar-refractivity contribution in [2.75, 3.05) is 40.5 Å². The van der Waals surface area contributed by atoms with Gasteiger partial charge in [0.05, 0.1) is 25.3 Å². The van der Waals surface area contributed by atoms with Crippen LogP contribution in [0.1, 0.15) is 36.9 Å². The van der Waals surface area contributed by atoms with E-state index >= 15 is 0 Å². The lowest BCUT2D eigenvalue weighted by Crippen LogP contribution is -2.34. The lowest BCUT2D eigenvalue weighted by Gasteiger charge is -2.28. The topological polar surface area (TPSA) is 43.0 Å². The van der Waals surface area contributed by atoms with E-state index in [1.807, 2.05) is 19.1 Å². The summed E-state index contributed by atoms with van der Waals surface area (Å²) >= 11 is 3.60. The van der Waals surface area contributed by atoms with Gasteiger partial charge in [-0.1, -0.05) is 12.1 Å². The molecule has 0 aromatic heterocycles. The predicted octanol–water partition coefficient (Wildman–Crippen LogP) is 4.79. The minimum atomic E-state index is 0.358. The fraction of sp³-hybridized carbons (Fsp3) is 0.478. The lowest BCUT2D eigenvalue weighted by atomic mass is 10.0. The van der Waals surface area contributed by atoms with Crippen molar-refractivity contribution in [3.8, 4) is 17.2 Å². The second-order valence-corrected chi connectivity index (χ2v) is 8.06. The number of benzene rings is 2. The van der Waals surface area contributed by atoms with Gasteiger partial charge in [-0.05, 0) is 84.2 Å². The molecule has 158 valence electrons. The Hall–Kier alpha value is -1.76. The molecule has 6 heteroatoms. The van der Waals surface area contributed by atoms with Gasteiger partial charge in [0.25, 0.3) is 0 Å². The summed E-state index contributed by atoms with van der Waals surface area (Å²) in [6, 6.07) is 13.0. The van der Waals surface area contributed by atoms with Crippen LogP contribution < -0.4 is 19.5 Å². The molecule has 1 unspecified atom stereocenters. The van der Waals surface area contributed by atoms with Gasteiger partial charge in [-0.3, -0.25) is 4.90 Å². The Bertz CT molecular complexity index is 776. The van der Waals surface area contributed by atoms with Crippen LogP contribution in [0.3, 0.4) is 0 Å². The first kappa shape index (κ1) is 21.9. The Morgan fingerprint density at radius 2 is 1.79 bits per heavy atom. The van der Waals surface area contributed by atoms with Crippen LogP contribution in [0, 0.1) is 0 Å². The molecule has 29 heavy (non-hydrogen) atoms. The second kappa shape index (κ2) is 10.9. The fourth-order valence-electron chi connectivity index (χ4n) is 3.87. The summed E-state index contributed by atoms with van der Waals surface area (Å²) < 4.78 is 17.4. The van der Waals surface area contributed by atoms with Crippen LogP contribution in [-0.4, -0.2) is 45.4 Å². The van der Waals surface area contributed by atoms with Crippen molar-refractivity contribution in [2.24, 2.45) is 0 Å². The van der Waals surface area contributed by atoms with E-state index in [2.05, 4.69) is 50.4 Å². The van der Waals surface area contributed by atoms with Gasteiger partial charge in [0.15, 0.2) is 11.5 Å². The summed E-state index contributed by atoms with van der Waals surface area (Å²) in [7, 11) is 3.37. The van der Waals surface area contributed by atoms with Gasteiger partial charge in [0.2, 0.25) is 0 Å². The Morgan fingerprint density at radius 3 is 2.41 bits per heavy atom. The van der Waals surface area contributed by atoms with Gasteiger partial charge in [0.1, 0.15) is 5.75 Å². The molecule has 3 rings (SSSR count). The number of hydrogen-bond donors (Lipinski definition) is 1. The largest absolute Gasteiger partial charge is 0.497 e. The molecular formula is C23H31BrN2O3. The molecule has 0 bridgehead atoms. The average molecular weight is 463 g/mol. The molecule has 0 aliphatic carbocycles. The molecule has 0 spiro atoms. The summed E-state index contributed by atoms with van der Waals surface area (Å²) in [5, 5.41) is 3.65. The van der Waals surface area contributed by atoms with E-state index in [0.29, 0.717) is 12.6 Å². The van der Waals surface area contributed by atoms with Crippen molar-refractivity contribution in [3.63, 3.8) is 0 Å². The number of likely N-dealkylation sites (tertiary alicyclic amines) is 1. The third-order valence-corrected chi connectivity index (χ3v) is 5.91. The maximum absolute atomic E-state index is 5.75. The Morgan fingerprint density at radius 1 is 1.07 bits per heavy atom. The summed E-state index contributed by atoms with van der Waals surface area (Å²) in [5.74, 6) is 2.41. The molecule has 5 nitrogen and oxygen atoms in total. The van der Waals surface area contributed by atoms with Crippen molar-refractivity contribution in [1.29, 1.82) is 0 Å². The van der Waals surface area contributed by atoms with E-state index in [0.717, 1.165) is 53.5 Å². The Kier molecular flexibility index (Phi) is 8.21. The van der Waals surface area contributed by atoms with Gasteiger partial charge < -0.3 is 19.5 Å². The molecule has 1 aliphatic rings. The van der Waals surface area contributed by atoms with E-state index < -0.39 is 0 Å². The van der Waals surface area contributed by atoms with E-state index in [-0.39, 0.29) is 0 Å². The molecule has 0 amide bonds. The average Bonchev–Trinajstić information content (AvgIpc) is 3.26. The molecule has 2 aromatic rings. The van der Waals surface area contributed by atoms with E-state index in [1.54, 1.807) is 14.2 Å². The molecule has 0 radical (unpaired) electrons. The van der Waals surface area contributed by atoms with E-state index in [4.69, 9.17) is 14.2 Å². The molecule has 1 heterocycles. The molecule has 1 saturated heterocycles. The maximum atomic E-state index is 5.75. The van der Waals surface area contributed by atoms with Crippen LogP contribution in [0.25, 0.3) is 0 Å². The molecular weight excluding hydrogens is 432 g/mol. The standard InChI is InChI=1S/C23H31BrN2O3/c1-4-29-22-14-17(13-20(24)23(22)28-3)15-25-16-21(26-11-5-6-12-26)18-7-9-19(27-2)10-8-18/h7-10,13-14,21,25H,4-6,11-12,15-16H2,1-3H3. The summed E-state index contributed by atoms with van der Waals surface area (Å²) in [6.45, 7) is 6.55. The monoisotopic (exact) mass is 462 g/mol. The molecule has 1 N–H and O–H groups in total. The summed E-state index contributed by atoms with van der Waals surface area (Å²) in [4.78, 5) is 2.57. The van der Waals surface area contributed by atoms with E-state index in [1.165, 1.54) is 18.4 Å². The van der Waals surface area contributed by atoms with Crippen LogP contribution in [0.15, 0.2) is 40.9 Å². The third-order valence-electron chi connectivity index (χ3n) is 5.32. The van der Waals surface area contributed by atoms with Crippen molar-refractivity contribution >= 4 is 15.9 Å². The number of nitrogens with one attached hydrogen (secondary N) is 1. The molecule has 1 atom stereocenters. The van der Waals surface area contributed by atoms with E-state index in [9.17, 15) is 0 Å². The molecule has 1 aliphatic heterocycles. The van der Waals surface area contributed by atoms with Gasteiger partial charge in [-0.15, -0.1) is 0 Å². The van der Waals surface area contributed by atoms with Crippen LogP contribution in [0.4, 0.5) is 0 Å². The number of ether oxygens (including phenoxy) is 3. The van der Waals surface area contributed by atoms with Crippen molar-refractivity contribution < 1.29 is 14.2 Å². The van der Waals surface area contributed by atoms with Crippen LogP contribution in [-0.2, 0) is 6.54 Å². The van der Waals surface area contributed by atoms with Gasteiger partial charge in [0, 0.05) is 19.1 Å². The smallest absolute Gasteiger partial charge is 0.174 e. The number of hydrogen-bond acceptors (Lipinski definition) is 5. The zero-order chi connectivity index (χ0) is 20.6. The number of methoxy groups -OCH3 is 2. The fourth-order valence-corrected chi connectivity index (χ4v) is 4.53. The zero-order valence-corrected chi connectivity index (χ0v) is 19.1. The van der Waals surface area contributed by atoms with Crippen molar-refractivity contribution in [1.82, 2.24) is 10.2 Å². The van der Waals surface area contributed by atoms with Crippen LogP contribution in [0.5, 0.6) is 17.2 Å². The highest BCUT2D eigenvalue weighted by Gasteiger charge is 2.23. The number of halogens is 1. The highest BCUT2D eigenvalue weighted by atomic mass is 79.9. The third kappa shape index (κ3) is 5.65. The lowest BCUT2D eigenvalue weighted by molar-refractivity contribution is 0.238. The summed E-state index contributed by atoms with van der Waals surface area (Å²) in [6.07, 6.45) is 2.55. The quantitative estimate of drug-likeness (QED) is 0.549. The first-order valence-electron chi connectivity index (χ1n) is 10.2. The zero-order valence-electron chi connectivity index (χ0n) is 17.5. The maximum Gasteiger partial charge on any atom is 0.174 e. The van der Waals surface area contributed by atoms with Crippen molar-refractivity contribution in [2.45, 2.75) is 32.4 Å². The van der Waals surface area contributed by atoms with Gasteiger partial charge >= 0.3 is 0 Å². The van der Waals surface area contributed by atoms with Gasteiger partial charge in [-0.2, -0.15) is 0 Å². The van der Waals surface area contributed by atoms with Gasteiger partial charge in [-0.25, -0.2) is 0 Å². The molecule has 0 saturated carbocycles. The number of rotatable bonds is 10. The molecule has 1 fully saturated rings. The second-order valence-electron chi connectivity index (χ2n) is 7.20. The highest BCUT2D eigenvalue weighted by molar-refractivity contribution is 9.10. The minimum Gasteiger partial charge on any atom is -0.497 e. The van der Waals surface area contributed by atoms with Crippen LogP contribution >= 0.6 is 15.9 Å². The number of nitrogens with zero attached hydrogens (tertiary/aromatic N) is 1. The Balaban J connectivity index is 1.69. The Labute approximate surface area is 182 Å². The SMILES string of the molecule is CCOc1cc(CNCC(c2ccc(OC)cc2)N2CCCC2)cc(Br)c1OC. The summed E-state index contributed by atoms with van der Waals surface area (Å²) in [5.41, 5.74) is 2.49.